The molecule has 2 aliphatic heterocycles. The van der Waals surface area contributed by atoms with E-state index in [-0.39, 0.29) is 136 Å². The highest BCUT2D eigenvalue weighted by molar-refractivity contribution is 6.41. The van der Waals surface area contributed by atoms with E-state index in [4.69, 9.17) is 89.5 Å². The SMILES string of the molecule is C=CC(=O)N[C@H]1COC[C@H]1Nc1ncc2cc(-c3c(Cl)c(OC)cc(OC)c3Cl)nc(CCOCCOc3cc(OC)c(Cl)c(-c4cc5cnc(N[C@@H]6COC[C@@H]6NC(=O)C=C)nc5c(CC(F)(F)F)n4)c3Cl)c2n1. The standard InChI is InChI=1S/C49H47Cl4F3N10O9/c1-6-37(67)61-29-19-73-21-31(29)63-47-57-17-23-12-26(39-41(50)33(69-3)14-34(70-4)42(39)51)59-25(45(23)65-47)8-9-72-10-11-75-36-15-35(71-5)43(52)40(44(36)53)27-13-24-18-58-48(66-46(24)28(60-27)16-49(54,55)56)64-32-22-74-20-30(32)62-38(68)7-2/h6-7,12-15,17-18,29-32H,1-2,8-11,16,19-22H2,3-5H3,(H,61,67)(H,62,68)(H,57,63,65)(H,58,64,66)/t29-,30-,31+,32+/m0/s1. The molecule has 396 valence electrons. The van der Waals surface area contributed by atoms with Crippen molar-refractivity contribution in [1.29, 1.82) is 0 Å². The van der Waals surface area contributed by atoms with Gasteiger partial charge < -0.3 is 54.4 Å². The highest BCUT2D eigenvalue weighted by Crippen LogP contribution is 2.48. The van der Waals surface area contributed by atoms with E-state index in [0.717, 1.165) is 6.08 Å². The first-order valence-electron chi connectivity index (χ1n) is 22.8. The number of methoxy groups -OCH3 is 3. The van der Waals surface area contributed by atoms with Crippen molar-refractivity contribution in [3.63, 3.8) is 0 Å². The number of halogens is 7. The number of fused-ring (bicyclic) bond motifs is 2. The molecule has 2 aromatic carbocycles. The number of anilines is 2. The quantitative estimate of drug-likeness (QED) is 0.0395. The number of amides is 2. The fourth-order valence-electron chi connectivity index (χ4n) is 8.25. The highest BCUT2D eigenvalue weighted by atomic mass is 35.5. The number of carbonyl (C=O) groups excluding carboxylic acids is 2. The minimum Gasteiger partial charge on any atom is -0.495 e. The monoisotopic (exact) mass is 1120 g/mol. The van der Waals surface area contributed by atoms with Crippen molar-refractivity contribution in [1.82, 2.24) is 40.5 Å². The van der Waals surface area contributed by atoms with Crippen molar-refractivity contribution in [2.24, 2.45) is 0 Å². The average Bonchev–Trinajstić information content (AvgIpc) is 4.03. The van der Waals surface area contributed by atoms with Gasteiger partial charge in [0.25, 0.3) is 0 Å². The topological polar surface area (TPSA) is 224 Å². The summed E-state index contributed by atoms with van der Waals surface area (Å²) in [5.74, 6) is 0.246. The molecule has 0 spiro atoms. The van der Waals surface area contributed by atoms with Gasteiger partial charge in [0.1, 0.15) is 29.6 Å². The second-order valence-corrected chi connectivity index (χ2v) is 18.3. The summed E-state index contributed by atoms with van der Waals surface area (Å²) < 4.78 is 82.3. The zero-order valence-corrected chi connectivity index (χ0v) is 43.2. The van der Waals surface area contributed by atoms with Gasteiger partial charge in [-0.25, -0.2) is 19.9 Å². The molecule has 0 unspecified atom stereocenters. The maximum absolute atomic E-state index is 14.2. The number of alkyl halides is 3. The molecular formula is C49H47Cl4F3N10O9. The summed E-state index contributed by atoms with van der Waals surface area (Å²) in [4.78, 5) is 51.6. The molecule has 6 heterocycles. The summed E-state index contributed by atoms with van der Waals surface area (Å²) in [7, 11) is 4.28. The molecule has 4 N–H and O–H groups in total. The third kappa shape index (κ3) is 12.6. The molecule has 0 aliphatic carbocycles. The van der Waals surface area contributed by atoms with Crippen molar-refractivity contribution < 1.29 is 55.9 Å². The van der Waals surface area contributed by atoms with Gasteiger partial charge in [0.15, 0.2) is 0 Å². The first-order valence-corrected chi connectivity index (χ1v) is 24.4. The van der Waals surface area contributed by atoms with Crippen LogP contribution in [0.15, 0.2) is 62.0 Å². The van der Waals surface area contributed by atoms with Gasteiger partial charge in [-0.05, 0) is 24.3 Å². The highest BCUT2D eigenvalue weighted by Gasteiger charge is 2.34. The molecule has 19 nitrogen and oxygen atoms in total. The molecule has 4 aromatic heterocycles. The molecule has 26 heteroatoms. The Balaban J connectivity index is 1.02. The predicted molar refractivity (Wildman–Crippen MR) is 276 cm³/mol. The van der Waals surface area contributed by atoms with Crippen LogP contribution < -0.4 is 40.2 Å². The lowest BCUT2D eigenvalue weighted by molar-refractivity contribution is -0.127. The molecule has 2 saturated heterocycles. The number of nitrogens with zero attached hydrogens (tertiary/aromatic N) is 6. The third-order valence-corrected chi connectivity index (χ3v) is 13.4. The van der Waals surface area contributed by atoms with E-state index < -0.39 is 36.3 Å². The van der Waals surface area contributed by atoms with E-state index in [1.54, 1.807) is 18.3 Å². The fourth-order valence-corrected chi connectivity index (χ4v) is 9.61. The van der Waals surface area contributed by atoms with Gasteiger partial charge in [0.2, 0.25) is 23.7 Å². The van der Waals surface area contributed by atoms with E-state index in [1.165, 1.54) is 45.7 Å². The molecule has 8 rings (SSSR count). The maximum Gasteiger partial charge on any atom is 0.394 e. The lowest BCUT2D eigenvalue weighted by Crippen LogP contribution is -2.45. The van der Waals surface area contributed by atoms with Crippen molar-refractivity contribution in [2.45, 2.75) is 43.2 Å². The fraction of sp³-hybridized carbons (Fsp3) is 0.347. The van der Waals surface area contributed by atoms with E-state index in [9.17, 15) is 22.8 Å². The minimum atomic E-state index is -4.69. The Bertz CT molecular complexity index is 3130. The number of hydrogen-bond donors (Lipinski definition) is 4. The summed E-state index contributed by atoms with van der Waals surface area (Å²) in [5, 5.41) is 13.0. The van der Waals surface area contributed by atoms with E-state index >= 15 is 0 Å². The van der Waals surface area contributed by atoms with Gasteiger partial charge >= 0.3 is 6.18 Å². The van der Waals surface area contributed by atoms with Crippen molar-refractivity contribution in [3.05, 3.63) is 93.4 Å². The number of aromatic nitrogens is 6. The summed E-state index contributed by atoms with van der Waals surface area (Å²) in [6, 6.07) is 4.49. The predicted octanol–water partition coefficient (Wildman–Crippen LogP) is 8.04. The molecule has 75 heavy (non-hydrogen) atoms. The Morgan fingerprint density at radius 3 is 1.55 bits per heavy atom. The average molecular weight is 1120 g/mol. The normalized spacial score (nSPS) is 17.4. The van der Waals surface area contributed by atoms with Crippen molar-refractivity contribution >= 4 is 91.9 Å². The van der Waals surface area contributed by atoms with Crippen LogP contribution in [0.5, 0.6) is 23.0 Å². The number of benzene rings is 2. The zero-order valence-electron chi connectivity index (χ0n) is 40.2. The molecule has 2 fully saturated rings. The van der Waals surface area contributed by atoms with Gasteiger partial charge in [-0.15, -0.1) is 0 Å². The van der Waals surface area contributed by atoms with Crippen LogP contribution in [0.4, 0.5) is 25.1 Å². The van der Waals surface area contributed by atoms with Crippen LogP contribution in [0.1, 0.15) is 11.4 Å². The number of hydrogen-bond acceptors (Lipinski definition) is 17. The number of rotatable bonds is 21. The number of nitrogens with one attached hydrogen (secondary N) is 4. The Hall–Kier alpha value is -6.53. The van der Waals surface area contributed by atoms with Crippen LogP contribution >= 0.6 is 46.4 Å². The lowest BCUT2D eigenvalue weighted by atomic mass is 10.1. The first kappa shape index (κ1) is 54.7. The first-order chi connectivity index (χ1) is 36.0. The number of ether oxygens (including phenoxy) is 7. The van der Waals surface area contributed by atoms with Crippen LogP contribution in [0.3, 0.4) is 0 Å². The van der Waals surface area contributed by atoms with Crippen LogP contribution in [0, 0.1) is 0 Å². The van der Waals surface area contributed by atoms with Crippen molar-refractivity contribution in [2.75, 3.05) is 78.2 Å². The number of pyridine rings is 2. The van der Waals surface area contributed by atoms with Gasteiger partial charge in [0, 0.05) is 52.8 Å². The van der Waals surface area contributed by atoms with E-state index in [0.29, 0.717) is 39.4 Å². The molecule has 2 amide bonds. The van der Waals surface area contributed by atoms with Crippen LogP contribution in [-0.4, -0.2) is 140 Å². The van der Waals surface area contributed by atoms with Crippen LogP contribution in [0.2, 0.25) is 20.1 Å². The molecule has 0 bridgehead atoms. The van der Waals surface area contributed by atoms with Crippen LogP contribution in [-0.2, 0) is 36.6 Å². The molecule has 6 aromatic rings. The van der Waals surface area contributed by atoms with E-state index in [1.807, 2.05) is 0 Å². The largest absolute Gasteiger partial charge is 0.495 e. The van der Waals surface area contributed by atoms with Gasteiger partial charge in [-0.3, -0.25) is 19.6 Å². The van der Waals surface area contributed by atoms with Gasteiger partial charge in [-0.2, -0.15) is 13.2 Å². The van der Waals surface area contributed by atoms with Gasteiger partial charge in [-0.1, -0.05) is 59.6 Å². The minimum absolute atomic E-state index is 0.0102. The summed E-state index contributed by atoms with van der Waals surface area (Å²) in [5.41, 5.74) is 1.16. The summed E-state index contributed by atoms with van der Waals surface area (Å²) in [6.07, 6.45) is -0.691. The second kappa shape index (κ2) is 24.0. The maximum atomic E-state index is 14.2. The molecule has 4 atom stereocenters. The number of carbonyl (C=O) groups is 2. The lowest BCUT2D eigenvalue weighted by Gasteiger charge is -2.20. The molecule has 2 aliphatic rings. The van der Waals surface area contributed by atoms with E-state index in [2.05, 4.69) is 54.4 Å². The molecule has 0 radical (unpaired) electrons. The zero-order chi connectivity index (χ0) is 53.6. The second-order valence-electron chi connectivity index (χ2n) is 16.8. The molecular weight excluding hydrogens is 1070 g/mol. The Morgan fingerprint density at radius 1 is 0.640 bits per heavy atom. The van der Waals surface area contributed by atoms with Crippen LogP contribution in [0.25, 0.3) is 44.3 Å². The third-order valence-electron chi connectivity index (χ3n) is 11.9. The Morgan fingerprint density at radius 2 is 1.08 bits per heavy atom. The smallest absolute Gasteiger partial charge is 0.394 e. The Kier molecular flexibility index (Phi) is 17.5. The van der Waals surface area contributed by atoms with Crippen molar-refractivity contribution in [3.8, 4) is 45.5 Å². The summed E-state index contributed by atoms with van der Waals surface area (Å²) in [6.45, 7) is 7.95. The molecule has 0 saturated carbocycles. The summed E-state index contributed by atoms with van der Waals surface area (Å²) >= 11 is 27.4. The van der Waals surface area contributed by atoms with Gasteiger partial charge in [0.05, 0.1) is 145 Å². The Labute approximate surface area is 446 Å².